The van der Waals surface area contributed by atoms with Crippen LogP contribution >= 0.6 is 0 Å². The van der Waals surface area contributed by atoms with Crippen LogP contribution in [0.5, 0.6) is 0 Å². The van der Waals surface area contributed by atoms with Crippen molar-refractivity contribution < 1.29 is 9.59 Å². The van der Waals surface area contributed by atoms with Gasteiger partial charge in [0.2, 0.25) is 11.8 Å². The van der Waals surface area contributed by atoms with Gasteiger partial charge in [0.1, 0.15) is 0 Å². The van der Waals surface area contributed by atoms with Crippen molar-refractivity contribution in [2.75, 3.05) is 44.2 Å². The van der Waals surface area contributed by atoms with Crippen molar-refractivity contribution in [3.05, 3.63) is 24.0 Å². The minimum atomic E-state index is 0.0744. The Bertz CT molecular complexity index is 626. The van der Waals surface area contributed by atoms with Crippen LogP contribution in [-0.2, 0) is 9.59 Å². The number of nitrogens with zero attached hydrogens (tertiary/aromatic N) is 4. The fourth-order valence-electron chi connectivity index (χ4n) is 3.82. The van der Waals surface area contributed by atoms with Gasteiger partial charge in [-0.1, -0.05) is 0 Å². The van der Waals surface area contributed by atoms with E-state index in [9.17, 15) is 9.59 Å². The van der Waals surface area contributed by atoms with E-state index in [4.69, 9.17) is 0 Å². The Morgan fingerprint density at radius 1 is 1.04 bits per heavy atom. The molecular weight excluding hydrogens is 316 g/mol. The van der Waals surface area contributed by atoms with Crippen LogP contribution in [0.4, 0.5) is 5.69 Å². The molecule has 25 heavy (non-hydrogen) atoms. The number of hydrogen-bond donors (Lipinski definition) is 0. The van der Waals surface area contributed by atoms with Crippen molar-refractivity contribution in [3.8, 4) is 0 Å². The molecule has 0 spiro atoms. The van der Waals surface area contributed by atoms with Gasteiger partial charge in [0.15, 0.2) is 0 Å². The molecule has 0 aliphatic carbocycles. The fourth-order valence-corrected chi connectivity index (χ4v) is 3.82. The SMILES string of the molecule is CC(=O)N1CCC(C(=O)N2CCCN(c3ccnc(C)c3)CC2)CC1. The zero-order valence-corrected chi connectivity index (χ0v) is 15.3. The van der Waals surface area contributed by atoms with Crippen LogP contribution in [-0.4, -0.2) is 65.9 Å². The van der Waals surface area contributed by atoms with Crippen molar-refractivity contribution >= 4 is 17.5 Å². The van der Waals surface area contributed by atoms with E-state index in [0.717, 1.165) is 51.1 Å². The molecule has 2 amide bonds. The Hall–Kier alpha value is -2.11. The number of carbonyl (C=O) groups is 2. The van der Waals surface area contributed by atoms with Crippen molar-refractivity contribution in [2.45, 2.75) is 33.1 Å². The average molecular weight is 344 g/mol. The molecule has 3 heterocycles. The number of carbonyl (C=O) groups excluding carboxylic acids is 2. The predicted molar refractivity (Wildman–Crippen MR) is 97.4 cm³/mol. The van der Waals surface area contributed by atoms with Gasteiger partial charge in [0.05, 0.1) is 0 Å². The number of piperidine rings is 1. The first-order valence-corrected chi connectivity index (χ1v) is 9.26. The molecule has 0 radical (unpaired) electrons. The number of likely N-dealkylation sites (tertiary alicyclic amines) is 1. The lowest BCUT2D eigenvalue weighted by atomic mass is 9.95. The van der Waals surface area contributed by atoms with E-state index >= 15 is 0 Å². The Kier molecular flexibility index (Phi) is 5.56. The molecule has 3 rings (SSSR count). The van der Waals surface area contributed by atoms with Crippen molar-refractivity contribution in [1.29, 1.82) is 0 Å². The quantitative estimate of drug-likeness (QED) is 0.819. The van der Waals surface area contributed by atoms with Crippen LogP contribution in [0.15, 0.2) is 18.3 Å². The standard InChI is InChI=1S/C19H28N4O2/c1-15-14-18(4-7-20-15)22-8-3-9-23(13-12-22)19(25)17-5-10-21(11-6-17)16(2)24/h4,7,14,17H,3,5-6,8-13H2,1-2H3. The van der Waals surface area contributed by atoms with E-state index in [1.165, 1.54) is 5.69 Å². The molecule has 0 aromatic carbocycles. The van der Waals surface area contributed by atoms with Gasteiger partial charge in [-0.15, -0.1) is 0 Å². The fraction of sp³-hybridized carbons (Fsp3) is 0.632. The van der Waals surface area contributed by atoms with Crippen LogP contribution in [0, 0.1) is 12.8 Å². The second kappa shape index (κ2) is 7.85. The molecule has 1 aromatic heterocycles. The van der Waals surface area contributed by atoms with Crippen LogP contribution in [0.2, 0.25) is 0 Å². The minimum Gasteiger partial charge on any atom is -0.370 e. The smallest absolute Gasteiger partial charge is 0.225 e. The molecule has 0 unspecified atom stereocenters. The highest BCUT2D eigenvalue weighted by Gasteiger charge is 2.30. The highest BCUT2D eigenvalue weighted by Crippen LogP contribution is 2.22. The summed E-state index contributed by atoms with van der Waals surface area (Å²) in [5.41, 5.74) is 2.21. The second-order valence-electron chi connectivity index (χ2n) is 7.10. The van der Waals surface area contributed by atoms with E-state index in [-0.39, 0.29) is 17.7 Å². The summed E-state index contributed by atoms with van der Waals surface area (Å²) < 4.78 is 0. The maximum Gasteiger partial charge on any atom is 0.225 e. The Morgan fingerprint density at radius 3 is 2.48 bits per heavy atom. The molecule has 1 aromatic rings. The van der Waals surface area contributed by atoms with E-state index in [2.05, 4.69) is 16.0 Å². The third-order valence-electron chi connectivity index (χ3n) is 5.34. The Labute approximate surface area is 149 Å². The summed E-state index contributed by atoms with van der Waals surface area (Å²) >= 11 is 0. The summed E-state index contributed by atoms with van der Waals surface area (Å²) in [7, 11) is 0. The van der Waals surface area contributed by atoms with Crippen LogP contribution in [0.25, 0.3) is 0 Å². The number of aromatic nitrogens is 1. The van der Waals surface area contributed by atoms with Gasteiger partial charge in [-0.25, -0.2) is 0 Å². The summed E-state index contributed by atoms with van der Waals surface area (Å²) in [6.45, 7) is 8.46. The highest BCUT2D eigenvalue weighted by molar-refractivity contribution is 5.80. The molecule has 2 aliphatic rings. The van der Waals surface area contributed by atoms with Crippen LogP contribution in [0.3, 0.4) is 0 Å². The topological polar surface area (TPSA) is 56.8 Å². The average Bonchev–Trinajstić information content (AvgIpc) is 2.87. The van der Waals surface area contributed by atoms with Crippen molar-refractivity contribution in [1.82, 2.24) is 14.8 Å². The van der Waals surface area contributed by atoms with Gasteiger partial charge in [-0.05, 0) is 38.3 Å². The maximum atomic E-state index is 12.9. The summed E-state index contributed by atoms with van der Waals surface area (Å²) in [5.74, 6) is 0.463. The molecule has 6 heteroatoms. The van der Waals surface area contributed by atoms with E-state index < -0.39 is 0 Å². The van der Waals surface area contributed by atoms with Crippen molar-refractivity contribution in [2.24, 2.45) is 5.92 Å². The van der Waals surface area contributed by atoms with Crippen LogP contribution in [0.1, 0.15) is 31.9 Å². The zero-order chi connectivity index (χ0) is 17.8. The molecular formula is C19H28N4O2. The largest absolute Gasteiger partial charge is 0.370 e. The Balaban J connectivity index is 1.56. The van der Waals surface area contributed by atoms with Gasteiger partial charge in [-0.3, -0.25) is 14.6 Å². The molecule has 0 atom stereocenters. The molecule has 2 aliphatic heterocycles. The van der Waals surface area contributed by atoms with Gasteiger partial charge in [0, 0.05) is 69.7 Å². The maximum absolute atomic E-state index is 12.9. The lowest BCUT2D eigenvalue weighted by Crippen LogP contribution is -2.44. The number of hydrogen-bond acceptors (Lipinski definition) is 4. The van der Waals surface area contributed by atoms with E-state index in [1.807, 2.05) is 29.0 Å². The van der Waals surface area contributed by atoms with Gasteiger partial charge >= 0.3 is 0 Å². The monoisotopic (exact) mass is 344 g/mol. The normalized spacial score (nSPS) is 19.7. The molecule has 2 saturated heterocycles. The van der Waals surface area contributed by atoms with Gasteiger partial charge in [-0.2, -0.15) is 0 Å². The highest BCUT2D eigenvalue weighted by atomic mass is 16.2. The first-order valence-electron chi connectivity index (χ1n) is 9.26. The summed E-state index contributed by atoms with van der Waals surface area (Å²) in [5, 5.41) is 0. The van der Waals surface area contributed by atoms with E-state index in [1.54, 1.807) is 6.92 Å². The minimum absolute atomic E-state index is 0.0744. The molecule has 2 fully saturated rings. The van der Waals surface area contributed by atoms with Gasteiger partial charge in [0.25, 0.3) is 0 Å². The lowest BCUT2D eigenvalue weighted by molar-refractivity contribution is -0.139. The summed E-state index contributed by atoms with van der Waals surface area (Å²) in [4.78, 5) is 34.8. The van der Waals surface area contributed by atoms with Crippen molar-refractivity contribution in [3.63, 3.8) is 0 Å². The number of rotatable bonds is 2. The molecule has 0 N–H and O–H groups in total. The first-order chi connectivity index (χ1) is 12.0. The molecule has 136 valence electrons. The number of pyridine rings is 1. The molecule has 0 bridgehead atoms. The molecule has 6 nitrogen and oxygen atoms in total. The zero-order valence-electron chi connectivity index (χ0n) is 15.3. The summed E-state index contributed by atoms with van der Waals surface area (Å²) in [6.07, 6.45) is 4.42. The lowest BCUT2D eigenvalue weighted by Gasteiger charge is -2.33. The second-order valence-corrected chi connectivity index (χ2v) is 7.10. The Morgan fingerprint density at radius 2 is 1.80 bits per heavy atom. The van der Waals surface area contributed by atoms with Crippen LogP contribution < -0.4 is 4.90 Å². The first kappa shape index (κ1) is 17.7. The summed E-state index contributed by atoms with van der Waals surface area (Å²) in [6, 6.07) is 4.15. The third-order valence-corrected chi connectivity index (χ3v) is 5.34. The van der Waals surface area contributed by atoms with E-state index in [0.29, 0.717) is 13.1 Å². The third kappa shape index (κ3) is 4.30. The number of anilines is 1. The van der Waals surface area contributed by atoms with Gasteiger partial charge < -0.3 is 14.7 Å². The number of aryl methyl sites for hydroxylation is 1. The predicted octanol–water partition coefficient (Wildman–Crippen LogP) is 1.69. The molecule has 0 saturated carbocycles. The number of amides is 2.